The second kappa shape index (κ2) is 15.1. The van der Waals surface area contributed by atoms with Crippen LogP contribution in [-0.4, -0.2) is 41.9 Å². The van der Waals surface area contributed by atoms with Crippen LogP contribution in [0, 0.1) is 0 Å². The van der Waals surface area contributed by atoms with E-state index in [9.17, 15) is 27.6 Å². The first kappa shape index (κ1) is 29.1. The van der Waals surface area contributed by atoms with E-state index in [2.05, 4.69) is 0 Å². The van der Waals surface area contributed by atoms with Crippen molar-refractivity contribution in [1.29, 1.82) is 0 Å². The third kappa shape index (κ3) is 12.6. The number of halogens is 4. The van der Waals surface area contributed by atoms with E-state index in [1.807, 2.05) is 0 Å². The smallest absolute Gasteiger partial charge is 0.389 e. The Kier molecular flexibility index (Phi) is 12.2. The van der Waals surface area contributed by atoms with Crippen molar-refractivity contribution < 1.29 is 46.5 Å². The van der Waals surface area contributed by atoms with Crippen LogP contribution in [0.1, 0.15) is 41.6 Å². The zero-order chi connectivity index (χ0) is 26.4. The first-order valence-electron chi connectivity index (χ1n) is 10.9. The quantitative estimate of drug-likeness (QED) is 0.0628. The van der Waals surface area contributed by atoms with Gasteiger partial charge in [-0.1, -0.05) is 12.1 Å². The van der Waals surface area contributed by atoms with Crippen LogP contribution < -0.4 is 9.47 Å². The maximum Gasteiger partial charge on any atom is 0.389 e. The highest BCUT2D eigenvalue weighted by Crippen LogP contribution is 2.22. The summed E-state index contributed by atoms with van der Waals surface area (Å²) >= 11 is 1.54. The Morgan fingerprint density at radius 1 is 0.806 bits per heavy atom. The van der Waals surface area contributed by atoms with Crippen molar-refractivity contribution in [3.8, 4) is 11.5 Å². The van der Waals surface area contributed by atoms with Crippen LogP contribution in [0.5, 0.6) is 11.5 Å². The summed E-state index contributed by atoms with van der Waals surface area (Å²) in [5.74, 6) is -0.479. The number of rotatable bonds is 13. The first-order valence-corrected chi connectivity index (χ1v) is 12.0. The maximum absolute atomic E-state index is 12.3. The SMILES string of the molecule is O=C(I)OCCCCOC(=O)/C=C/c1ccc(OC(=O)c2ccc(OCCCC(F)(F)F)cc2)cc1. The highest BCUT2D eigenvalue weighted by Gasteiger charge is 2.26. The zero-order valence-corrected chi connectivity index (χ0v) is 21.3. The lowest BCUT2D eigenvalue weighted by Gasteiger charge is -2.09. The standard InChI is InChI=1S/C25H24F3IO7/c26-25(27,28)14-3-17-33-20-11-7-19(8-12-20)23(31)36-21-9-4-18(5-10-21)6-13-22(30)34-15-1-2-16-35-24(29)32/h4-13H,1-3,14-17H2/b13-6+. The summed E-state index contributed by atoms with van der Waals surface area (Å²) in [7, 11) is 0. The number of ether oxygens (including phenoxy) is 4. The normalized spacial score (nSPS) is 11.2. The van der Waals surface area contributed by atoms with Crippen molar-refractivity contribution in [1.82, 2.24) is 0 Å². The van der Waals surface area contributed by atoms with Crippen molar-refractivity contribution in [3.63, 3.8) is 0 Å². The molecule has 2 aromatic carbocycles. The lowest BCUT2D eigenvalue weighted by molar-refractivity contribution is -0.138. The summed E-state index contributed by atoms with van der Waals surface area (Å²) in [5, 5.41) is 0. The molecule has 2 aromatic rings. The molecule has 0 N–H and O–H groups in total. The topological polar surface area (TPSA) is 88.1 Å². The summed E-state index contributed by atoms with van der Waals surface area (Å²) < 4.78 is 56.4. The predicted octanol–water partition coefficient (Wildman–Crippen LogP) is 6.54. The molecular formula is C25H24F3IO7. The Balaban J connectivity index is 1.73. The molecule has 0 heterocycles. The van der Waals surface area contributed by atoms with Crippen LogP contribution in [0.25, 0.3) is 6.08 Å². The van der Waals surface area contributed by atoms with E-state index in [1.54, 1.807) is 30.3 Å². The molecule has 0 atom stereocenters. The molecule has 0 amide bonds. The zero-order valence-electron chi connectivity index (χ0n) is 19.1. The molecule has 36 heavy (non-hydrogen) atoms. The molecule has 0 saturated carbocycles. The average molecular weight is 620 g/mol. The Labute approximate surface area is 219 Å². The van der Waals surface area contributed by atoms with Gasteiger partial charge in [0.2, 0.25) is 0 Å². The largest absolute Gasteiger partial charge is 0.494 e. The number of esters is 2. The van der Waals surface area contributed by atoms with Crippen LogP contribution in [-0.2, 0) is 14.3 Å². The van der Waals surface area contributed by atoms with Crippen LogP contribution in [0.3, 0.4) is 0 Å². The van der Waals surface area contributed by atoms with E-state index in [0.717, 1.165) is 0 Å². The van der Waals surface area contributed by atoms with Crippen molar-refractivity contribution in [2.24, 2.45) is 0 Å². The molecule has 0 saturated heterocycles. The molecule has 7 nitrogen and oxygen atoms in total. The van der Waals surface area contributed by atoms with Gasteiger partial charge in [0.15, 0.2) is 0 Å². The monoisotopic (exact) mass is 620 g/mol. The summed E-state index contributed by atoms with van der Waals surface area (Å²) in [6.45, 7) is 0.404. The van der Waals surface area contributed by atoms with Crippen molar-refractivity contribution in [3.05, 3.63) is 65.7 Å². The molecule has 0 fully saturated rings. The first-order chi connectivity index (χ1) is 17.1. The lowest BCUT2D eigenvalue weighted by atomic mass is 10.2. The molecule has 0 aliphatic carbocycles. The third-order valence-electron chi connectivity index (χ3n) is 4.46. The second-order valence-corrected chi connectivity index (χ2v) is 8.22. The molecule has 2 rings (SSSR count). The number of unbranched alkanes of at least 4 members (excludes halogenated alkanes) is 1. The predicted molar refractivity (Wildman–Crippen MR) is 133 cm³/mol. The van der Waals surface area contributed by atoms with E-state index in [0.29, 0.717) is 29.9 Å². The van der Waals surface area contributed by atoms with Gasteiger partial charge < -0.3 is 18.9 Å². The molecule has 0 spiro atoms. The van der Waals surface area contributed by atoms with Crippen molar-refractivity contribution in [2.75, 3.05) is 19.8 Å². The van der Waals surface area contributed by atoms with E-state index in [1.165, 1.54) is 52.9 Å². The van der Waals surface area contributed by atoms with E-state index < -0.39 is 24.5 Å². The van der Waals surface area contributed by atoms with Crippen LogP contribution >= 0.6 is 22.6 Å². The van der Waals surface area contributed by atoms with E-state index >= 15 is 0 Å². The molecule has 0 aliphatic rings. The van der Waals surface area contributed by atoms with Crippen LogP contribution in [0.2, 0.25) is 0 Å². The fourth-order valence-corrected chi connectivity index (χ4v) is 2.92. The Bertz CT molecular complexity index is 1020. The van der Waals surface area contributed by atoms with Crippen LogP contribution in [0.4, 0.5) is 18.0 Å². The summed E-state index contributed by atoms with van der Waals surface area (Å²) in [6.07, 6.45) is -1.30. The van der Waals surface area contributed by atoms with Gasteiger partial charge in [-0.2, -0.15) is 13.2 Å². The number of carbonyl (C=O) groups excluding carboxylic acids is 3. The lowest BCUT2D eigenvalue weighted by Crippen LogP contribution is -2.10. The number of hydrogen-bond donors (Lipinski definition) is 0. The molecule has 11 heteroatoms. The fourth-order valence-electron chi connectivity index (χ4n) is 2.70. The van der Waals surface area contributed by atoms with Gasteiger partial charge in [0, 0.05) is 12.5 Å². The summed E-state index contributed by atoms with van der Waals surface area (Å²) in [5.41, 5.74) is 0.935. The van der Waals surface area contributed by atoms with Gasteiger partial charge >= 0.3 is 22.1 Å². The molecule has 0 aromatic heterocycles. The van der Waals surface area contributed by atoms with Crippen molar-refractivity contribution in [2.45, 2.75) is 31.9 Å². The van der Waals surface area contributed by atoms with E-state index in [-0.39, 0.29) is 35.8 Å². The molecule has 0 unspecified atom stereocenters. The molecule has 0 bridgehead atoms. The number of benzene rings is 2. The summed E-state index contributed by atoms with van der Waals surface area (Å²) in [4.78, 5) is 34.7. The highest BCUT2D eigenvalue weighted by atomic mass is 127. The highest BCUT2D eigenvalue weighted by molar-refractivity contribution is 14.1. The minimum absolute atomic E-state index is 0.0841. The van der Waals surface area contributed by atoms with Gasteiger partial charge in [-0.15, -0.1) is 0 Å². The minimum atomic E-state index is -4.22. The van der Waals surface area contributed by atoms with Gasteiger partial charge in [-0.3, -0.25) is 0 Å². The Hall–Kier alpha value is -3.09. The van der Waals surface area contributed by atoms with E-state index in [4.69, 9.17) is 18.9 Å². The maximum atomic E-state index is 12.3. The summed E-state index contributed by atoms with van der Waals surface area (Å²) in [6, 6.07) is 12.3. The van der Waals surface area contributed by atoms with Gasteiger partial charge in [-0.05, 0) is 67.3 Å². The Morgan fingerprint density at radius 3 is 2.03 bits per heavy atom. The van der Waals surface area contributed by atoms with Crippen LogP contribution in [0.15, 0.2) is 54.6 Å². The van der Waals surface area contributed by atoms with Crippen molar-refractivity contribution >= 4 is 44.6 Å². The third-order valence-corrected chi connectivity index (χ3v) is 4.78. The molecular weight excluding hydrogens is 596 g/mol. The van der Waals surface area contributed by atoms with Gasteiger partial charge in [0.25, 0.3) is 0 Å². The van der Waals surface area contributed by atoms with Gasteiger partial charge in [0.1, 0.15) is 11.5 Å². The minimum Gasteiger partial charge on any atom is -0.494 e. The van der Waals surface area contributed by atoms with Gasteiger partial charge in [-0.25, -0.2) is 14.4 Å². The number of carbonyl (C=O) groups is 3. The molecule has 0 radical (unpaired) electrons. The molecule has 0 aliphatic heterocycles. The number of alkyl halides is 3. The number of hydrogen-bond acceptors (Lipinski definition) is 7. The second-order valence-electron chi connectivity index (χ2n) is 7.34. The fraction of sp³-hybridized carbons (Fsp3) is 0.320. The molecule has 194 valence electrons. The average Bonchev–Trinajstić information content (AvgIpc) is 2.83. The van der Waals surface area contributed by atoms with Gasteiger partial charge in [0.05, 0.1) is 48.0 Å². The Morgan fingerprint density at radius 2 is 1.42 bits per heavy atom.